The van der Waals surface area contributed by atoms with Gasteiger partial charge in [0.25, 0.3) is 5.91 Å². The van der Waals surface area contributed by atoms with E-state index in [-0.39, 0.29) is 17.7 Å². The number of hydrogen-bond acceptors (Lipinski definition) is 5. The van der Waals surface area contributed by atoms with Gasteiger partial charge in [-0.2, -0.15) is 10.1 Å². The van der Waals surface area contributed by atoms with E-state index in [4.69, 9.17) is 0 Å². The predicted molar refractivity (Wildman–Crippen MR) is 103 cm³/mol. The van der Waals surface area contributed by atoms with Crippen molar-refractivity contribution in [2.24, 2.45) is 5.92 Å². The summed E-state index contributed by atoms with van der Waals surface area (Å²) in [5.41, 5.74) is 2.07. The minimum Gasteiger partial charge on any atom is -0.354 e. The van der Waals surface area contributed by atoms with Gasteiger partial charge in [0.2, 0.25) is 11.9 Å². The van der Waals surface area contributed by atoms with Crippen LogP contribution in [-0.2, 0) is 11.3 Å². The maximum absolute atomic E-state index is 12.9. The van der Waals surface area contributed by atoms with Crippen LogP contribution in [0, 0.1) is 5.92 Å². The van der Waals surface area contributed by atoms with E-state index < -0.39 is 0 Å². The van der Waals surface area contributed by atoms with Gasteiger partial charge in [0.15, 0.2) is 0 Å². The van der Waals surface area contributed by atoms with Crippen molar-refractivity contribution in [1.82, 2.24) is 24.6 Å². The fourth-order valence-corrected chi connectivity index (χ4v) is 4.07. The summed E-state index contributed by atoms with van der Waals surface area (Å²) in [6, 6.07) is 8.05. The zero-order valence-corrected chi connectivity index (χ0v) is 15.8. The first-order valence-electron chi connectivity index (χ1n) is 9.99. The number of nitrogens with zero attached hydrogens (tertiary/aromatic N) is 5. The number of carbonyl (C=O) groups is 2. The Morgan fingerprint density at radius 3 is 2.43 bits per heavy atom. The lowest BCUT2D eigenvalue weighted by atomic mass is 10.1. The van der Waals surface area contributed by atoms with Crippen molar-refractivity contribution in [3.8, 4) is 0 Å². The Bertz CT molecular complexity index is 880. The van der Waals surface area contributed by atoms with Crippen LogP contribution < -0.4 is 5.32 Å². The lowest BCUT2D eigenvalue weighted by molar-refractivity contribution is -0.137. The Morgan fingerprint density at radius 1 is 1.00 bits per heavy atom. The van der Waals surface area contributed by atoms with Crippen molar-refractivity contribution in [2.75, 3.05) is 38.0 Å². The summed E-state index contributed by atoms with van der Waals surface area (Å²) in [6.45, 7) is 3.42. The summed E-state index contributed by atoms with van der Waals surface area (Å²) in [6.07, 6.45) is 4.02. The first-order chi connectivity index (χ1) is 13.7. The molecular weight excluding hydrogens is 356 g/mol. The van der Waals surface area contributed by atoms with Crippen LogP contribution in [0.3, 0.4) is 0 Å². The largest absolute Gasteiger partial charge is 0.354 e. The Labute approximate surface area is 163 Å². The molecule has 3 aliphatic rings. The fourth-order valence-electron chi connectivity index (χ4n) is 4.07. The number of anilines is 1. The van der Waals surface area contributed by atoms with Crippen LogP contribution in [-0.4, -0.2) is 69.1 Å². The molecule has 1 aliphatic carbocycles. The highest BCUT2D eigenvalue weighted by Crippen LogP contribution is 2.39. The molecule has 8 nitrogen and oxygen atoms in total. The third kappa shape index (κ3) is 3.23. The quantitative estimate of drug-likeness (QED) is 0.865. The number of rotatable bonds is 3. The van der Waals surface area contributed by atoms with Crippen LogP contribution in [0.1, 0.15) is 34.7 Å². The van der Waals surface area contributed by atoms with Gasteiger partial charge < -0.3 is 15.1 Å². The molecule has 1 unspecified atom stereocenters. The van der Waals surface area contributed by atoms with Crippen LogP contribution in [0.5, 0.6) is 0 Å². The summed E-state index contributed by atoms with van der Waals surface area (Å²) >= 11 is 0. The minimum atomic E-state index is -0.147. The van der Waals surface area contributed by atoms with Gasteiger partial charge in [0.05, 0.1) is 12.5 Å². The van der Waals surface area contributed by atoms with E-state index >= 15 is 0 Å². The summed E-state index contributed by atoms with van der Waals surface area (Å²) in [5, 5.41) is 7.30. The minimum absolute atomic E-state index is 0.0565. The van der Waals surface area contributed by atoms with E-state index in [0.29, 0.717) is 51.1 Å². The Balaban J connectivity index is 1.17. The van der Waals surface area contributed by atoms with Crippen molar-refractivity contribution in [1.29, 1.82) is 0 Å². The average Bonchev–Trinajstić information content (AvgIpc) is 3.50. The van der Waals surface area contributed by atoms with Gasteiger partial charge in [0.1, 0.15) is 6.33 Å². The van der Waals surface area contributed by atoms with Gasteiger partial charge in [0, 0.05) is 38.3 Å². The molecule has 0 bridgehead atoms. The van der Waals surface area contributed by atoms with Crippen LogP contribution in [0.4, 0.5) is 5.95 Å². The number of amides is 2. The second kappa shape index (κ2) is 6.92. The SMILES string of the molecule is O=C(c1ccc(C2CC2)cc1)N1CCN(C(=O)C2CNc3ncnn3C2)CC1. The number of benzene rings is 1. The molecule has 8 heteroatoms. The monoisotopic (exact) mass is 380 g/mol. The molecule has 5 rings (SSSR count). The molecule has 1 saturated carbocycles. The van der Waals surface area contributed by atoms with Gasteiger partial charge >= 0.3 is 0 Å². The molecule has 0 radical (unpaired) electrons. The number of fused-ring (bicyclic) bond motifs is 1. The Kier molecular flexibility index (Phi) is 4.26. The third-order valence-corrected chi connectivity index (χ3v) is 5.95. The molecular formula is C20H24N6O2. The lowest BCUT2D eigenvalue weighted by Gasteiger charge is -2.37. The van der Waals surface area contributed by atoms with Crippen molar-refractivity contribution in [3.63, 3.8) is 0 Å². The number of piperazine rings is 1. The molecule has 28 heavy (non-hydrogen) atoms. The molecule has 3 heterocycles. The van der Waals surface area contributed by atoms with Crippen molar-refractivity contribution < 1.29 is 9.59 Å². The highest BCUT2D eigenvalue weighted by Gasteiger charge is 2.32. The molecule has 1 atom stereocenters. The zero-order chi connectivity index (χ0) is 19.1. The summed E-state index contributed by atoms with van der Waals surface area (Å²) in [7, 11) is 0. The smallest absolute Gasteiger partial charge is 0.253 e. The molecule has 0 spiro atoms. The molecule has 1 aromatic carbocycles. The molecule has 2 aromatic rings. The van der Waals surface area contributed by atoms with E-state index in [1.54, 1.807) is 4.68 Å². The molecule has 2 aliphatic heterocycles. The van der Waals surface area contributed by atoms with Gasteiger partial charge in [-0.15, -0.1) is 0 Å². The van der Waals surface area contributed by atoms with Crippen molar-refractivity contribution in [3.05, 3.63) is 41.7 Å². The van der Waals surface area contributed by atoms with Gasteiger partial charge in [-0.3, -0.25) is 9.59 Å². The standard InChI is InChI=1S/C20H24N6O2/c27-18(16-5-3-15(4-6-16)14-1-2-14)24-7-9-25(10-8-24)19(28)17-11-21-20-22-13-23-26(20)12-17/h3-6,13-14,17H,1-2,7-12H2,(H,21,22,23). The molecule has 146 valence electrons. The van der Waals surface area contributed by atoms with Gasteiger partial charge in [-0.05, 0) is 36.5 Å². The second-order valence-electron chi connectivity index (χ2n) is 7.86. The van der Waals surface area contributed by atoms with Crippen LogP contribution in [0.15, 0.2) is 30.6 Å². The Morgan fingerprint density at radius 2 is 1.71 bits per heavy atom. The predicted octanol–water partition coefficient (Wildman–Crippen LogP) is 1.18. The van der Waals surface area contributed by atoms with Gasteiger partial charge in [-0.25, -0.2) is 4.68 Å². The fraction of sp³-hybridized carbons (Fsp3) is 0.500. The molecule has 2 fully saturated rings. The van der Waals surface area contributed by atoms with Crippen molar-refractivity contribution in [2.45, 2.75) is 25.3 Å². The maximum Gasteiger partial charge on any atom is 0.253 e. The Hall–Kier alpha value is -2.90. The normalized spacial score (nSPS) is 21.8. The van der Waals surface area contributed by atoms with E-state index in [2.05, 4.69) is 27.5 Å². The van der Waals surface area contributed by atoms with E-state index in [0.717, 1.165) is 5.56 Å². The summed E-state index contributed by atoms with van der Waals surface area (Å²) < 4.78 is 1.73. The van der Waals surface area contributed by atoms with E-state index in [9.17, 15) is 9.59 Å². The van der Waals surface area contributed by atoms with Crippen LogP contribution in [0.2, 0.25) is 0 Å². The second-order valence-corrected chi connectivity index (χ2v) is 7.86. The van der Waals surface area contributed by atoms with Gasteiger partial charge in [-0.1, -0.05) is 12.1 Å². The highest BCUT2D eigenvalue weighted by atomic mass is 16.2. The number of carbonyl (C=O) groups excluding carboxylic acids is 2. The van der Waals surface area contributed by atoms with Crippen LogP contribution in [0.25, 0.3) is 0 Å². The van der Waals surface area contributed by atoms with Crippen LogP contribution >= 0.6 is 0 Å². The third-order valence-electron chi connectivity index (χ3n) is 5.95. The first kappa shape index (κ1) is 17.2. The molecule has 2 amide bonds. The molecule has 1 saturated heterocycles. The topological polar surface area (TPSA) is 83.4 Å². The van der Waals surface area contributed by atoms with E-state index in [1.165, 1.54) is 24.7 Å². The zero-order valence-electron chi connectivity index (χ0n) is 15.8. The molecule has 1 N–H and O–H groups in total. The van der Waals surface area contributed by atoms with E-state index in [1.807, 2.05) is 21.9 Å². The lowest BCUT2D eigenvalue weighted by Crippen LogP contribution is -2.53. The molecule has 1 aromatic heterocycles. The summed E-state index contributed by atoms with van der Waals surface area (Å²) in [5.74, 6) is 1.44. The highest BCUT2D eigenvalue weighted by molar-refractivity contribution is 5.94. The van der Waals surface area contributed by atoms with Crippen molar-refractivity contribution >= 4 is 17.8 Å². The maximum atomic E-state index is 12.9. The number of aromatic nitrogens is 3. The number of hydrogen-bond donors (Lipinski definition) is 1. The average molecular weight is 380 g/mol. The first-order valence-corrected chi connectivity index (χ1v) is 9.99. The summed E-state index contributed by atoms with van der Waals surface area (Å²) in [4.78, 5) is 33.5. The number of nitrogens with one attached hydrogen (secondary N) is 1.